The lowest BCUT2D eigenvalue weighted by molar-refractivity contribution is 0.684. The highest BCUT2D eigenvalue weighted by atomic mass is 32.2. The molecule has 1 N–H and O–H groups in total. The minimum absolute atomic E-state index is 0.489. The molecule has 0 bridgehead atoms. The molecule has 8 heteroatoms. The molecular formula is C19H18N6OS. The Labute approximate surface area is 158 Å². The molecule has 0 aliphatic rings. The Morgan fingerprint density at radius 1 is 1.22 bits per heavy atom. The molecule has 1 atom stereocenters. The van der Waals surface area contributed by atoms with Gasteiger partial charge in [0, 0.05) is 22.9 Å². The van der Waals surface area contributed by atoms with Crippen LogP contribution in [0.2, 0.25) is 0 Å². The summed E-state index contributed by atoms with van der Waals surface area (Å²) in [7, 11) is -1.11. The van der Waals surface area contributed by atoms with Crippen LogP contribution in [-0.2, 0) is 10.8 Å². The number of hydrogen-bond acceptors (Lipinski definition) is 5. The van der Waals surface area contributed by atoms with Crippen molar-refractivity contribution in [2.75, 3.05) is 5.75 Å². The van der Waals surface area contributed by atoms with Gasteiger partial charge in [0.15, 0.2) is 11.5 Å². The molecule has 1 aromatic carbocycles. The highest BCUT2D eigenvalue weighted by molar-refractivity contribution is 7.85. The number of fused-ring (bicyclic) bond motifs is 1. The number of benzene rings is 1. The topological polar surface area (TPSA) is 89.3 Å². The molecule has 3 aromatic heterocycles. The fourth-order valence-electron chi connectivity index (χ4n) is 2.68. The lowest BCUT2D eigenvalue weighted by Gasteiger charge is -2.05. The van der Waals surface area contributed by atoms with Crippen molar-refractivity contribution < 1.29 is 4.21 Å². The zero-order valence-electron chi connectivity index (χ0n) is 15.0. The Balaban J connectivity index is 1.69. The fraction of sp³-hybridized carbons (Fsp3) is 0.158. The number of pyridine rings is 1. The first-order chi connectivity index (χ1) is 13.1. The Morgan fingerprint density at radius 2 is 2.11 bits per heavy atom. The number of aromatic nitrogens is 6. The van der Waals surface area contributed by atoms with Gasteiger partial charge in [-0.2, -0.15) is 10.2 Å². The molecule has 136 valence electrons. The predicted octanol–water partition coefficient (Wildman–Crippen LogP) is 3.28. The second kappa shape index (κ2) is 7.24. The molecule has 0 spiro atoms. The maximum atomic E-state index is 12.4. The van der Waals surface area contributed by atoms with Gasteiger partial charge in [-0.15, -0.1) is 0 Å². The van der Waals surface area contributed by atoms with Gasteiger partial charge >= 0.3 is 0 Å². The molecule has 7 nitrogen and oxygen atoms in total. The summed E-state index contributed by atoms with van der Waals surface area (Å²) in [5.74, 6) is 1.18. The lowest BCUT2D eigenvalue weighted by Crippen LogP contribution is -2.00. The van der Waals surface area contributed by atoms with Gasteiger partial charge in [-0.05, 0) is 32.0 Å². The normalized spacial score (nSPS) is 12.2. The first-order valence-electron chi connectivity index (χ1n) is 8.43. The van der Waals surface area contributed by atoms with E-state index in [0.29, 0.717) is 22.1 Å². The van der Waals surface area contributed by atoms with Gasteiger partial charge in [0.1, 0.15) is 6.33 Å². The van der Waals surface area contributed by atoms with Crippen molar-refractivity contribution in [3.05, 3.63) is 60.7 Å². The van der Waals surface area contributed by atoms with E-state index < -0.39 is 10.8 Å². The SMILES string of the molecule is CC(C)=CCS(=O)c1cnc2c(cnn2-c2cccc(-c3ncn[nH]3)c2)c1. The molecule has 0 saturated carbocycles. The van der Waals surface area contributed by atoms with E-state index in [1.165, 1.54) is 6.33 Å². The van der Waals surface area contributed by atoms with Gasteiger partial charge in [0.25, 0.3) is 0 Å². The summed E-state index contributed by atoms with van der Waals surface area (Å²) in [4.78, 5) is 9.39. The van der Waals surface area contributed by atoms with Gasteiger partial charge in [0.05, 0.1) is 27.6 Å². The quantitative estimate of drug-likeness (QED) is 0.538. The number of nitrogens with one attached hydrogen (secondary N) is 1. The number of allylic oxidation sites excluding steroid dienone is 1. The van der Waals surface area contributed by atoms with E-state index in [0.717, 1.165) is 22.2 Å². The van der Waals surface area contributed by atoms with E-state index in [1.54, 1.807) is 17.1 Å². The zero-order valence-corrected chi connectivity index (χ0v) is 15.8. The molecule has 4 rings (SSSR count). The van der Waals surface area contributed by atoms with E-state index >= 15 is 0 Å². The lowest BCUT2D eigenvalue weighted by atomic mass is 10.2. The van der Waals surface area contributed by atoms with E-state index in [4.69, 9.17) is 0 Å². The van der Waals surface area contributed by atoms with Crippen molar-refractivity contribution in [1.82, 2.24) is 29.9 Å². The molecule has 0 aliphatic heterocycles. The van der Waals surface area contributed by atoms with Crippen LogP contribution < -0.4 is 0 Å². The molecule has 0 saturated heterocycles. The minimum Gasteiger partial charge on any atom is -0.259 e. The van der Waals surface area contributed by atoms with Crippen molar-refractivity contribution in [3.8, 4) is 17.1 Å². The molecule has 27 heavy (non-hydrogen) atoms. The van der Waals surface area contributed by atoms with E-state index in [9.17, 15) is 4.21 Å². The van der Waals surface area contributed by atoms with Gasteiger partial charge in [-0.3, -0.25) is 9.31 Å². The Hall–Kier alpha value is -3.13. The molecule has 0 fully saturated rings. The van der Waals surface area contributed by atoms with Crippen molar-refractivity contribution in [2.24, 2.45) is 0 Å². The monoisotopic (exact) mass is 378 g/mol. The van der Waals surface area contributed by atoms with Crippen LogP contribution in [0.5, 0.6) is 0 Å². The summed E-state index contributed by atoms with van der Waals surface area (Å²) in [5, 5.41) is 12.1. The predicted molar refractivity (Wildman–Crippen MR) is 105 cm³/mol. The Bertz CT molecular complexity index is 1140. The van der Waals surface area contributed by atoms with Crippen LogP contribution in [-0.4, -0.2) is 39.9 Å². The van der Waals surface area contributed by atoms with Crippen LogP contribution in [0.15, 0.2) is 65.6 Å². The summed E-state index contributed by atoms with van der Waals surface area (Å²) in [6, 6.07) is 9.70. The first-order valence-corrected chi connectivity index (χ1v) is 9.75. The van der Waals surface area contributed by atoms with Crippen LogP contribution in [0.3, 0.4) is 0 Å². The van der Waals surface area contributed by atoms with Crippen LogP contribution in [0, 0.1) is 0 Å². The number of nitrogens with zero attached hydrogens (tertiary/aromatic N) is 5. The van der Waals surface area contributed by atoms with Crippen LogP contribution in [0.25, 0.3) is 28.1 Å². The number of H-pyrrole nitrogens is 1. The van der Waals surface area contributed by atoms with Gasteiger partial charge in [-0.1, -0.05) is 23.8 Å². The molecule has 1 unspecified atom stereocenters. The second-order valence-electron chi connectivity index (χ2n) is 6.32. The van der Waals surface area contributed by atoms with Crippen molar-refractivity contribution in [2.45, 2.75) is 18.7 Å². The van der Waals surface area contributed by atoms with E-state index in [2.05, 4.69) is 25.3 Å². The summed E-state index contributed by atoms with van der Waals surface area (Å²) in [6.07, 6.45) is 6.85. The largest absolute Gasteiger partial charge is 0.259 e. The van der Waals surface area contributed by atoms with Gasteiger partial charge in [-0.25, -0.2) is 14.6 Å². The van der Waals surface area contributed by atoms with Crippen LogP contribution in [0.1, 0.15) is 13.8 Å². The van der Waals surface area contributed by atoms with Crippen LogP contribution >= 0.6 is 0 Å². The van der Waals surface area contributed by atoms with Gasteiger partial charge in [0.2, 0.25) is 0 Å². The summed E-state index contributed by atoms with van der Waals surface area (Å²) < 4.78 is 14.2. The van der Waals surface area contributed by atoms with Crippen molar-refractivity contribution in [3.63, 3.8) is 0 Å². The smallest absolute Gasteiger partial charge is 0.162 e. The van der Waals surface area contributed by atoms with Crippen LogP contribution in [0.4, 0.5) is 0 Å². The Morgan fingerprint density at radius 3 is 2.89 bits per heavy atom. The second-order valence-corrected chi connectivity index (χ2v) is 7.81. The molecular weight excluding hydrogens is 360 g/mol. The standard InChI is InChI=1S/C19H18N6OS/c1-13(2)6-7-27(26)17-9-15-10-23-25(19(15)20-11-17)16-5-3-4-14(8-16)18-21-12-22-24-18/h3-6,8-12H,7H2,1-2H3,(H,21,22,24). The third-order valence-electron chi connectivity index (χ3n) is 4.07. The Kier molecular flexibility index (Phi) is 4.64. The fourth-order valence-corrected chi connectivity index (χ4v) is 3.79. The number of rotatable bonds is 5. The number of aromatic amines is 1. The minimum atomic E-state index is -1.11. The van der Waals surface area contributed by atoms with E-state index in [-0.39, 0.29) is 0 Å². The maximum Gasteiger partial charge on any atom is 0.162 e. The third kappa shape index (κ3) is 3.56. The molecule has 0 amide bonds. The van der Waals surface area contributed by atoms with Crippen molar-refractivity contribution >= 4 is 21.8 Å². The number of hydrogen-bond donors (Lipinski definition) is 1. The summed E-state index contributed by atoms with van der Waals surface area (Å²) in [5.41, 5.74) is 3.64. The molecule has 0 radical (unpaired) electrons. The molecule has 4 aromatic rings. The van der Waals surface area contributed by atoms with Crippen molar-refractivity contribution in [1.29, 1.82) is 0 Å². The van der Waals surface area contributed by atoms with Gasteiger partial charge < -0.3 is 0 Å². The first kappa shape index (κ1) is 17.3. The third-order valence-corrected chi connectivity index (χ3v) is 5.29. The average molecular weight is 378 g/mol. The maximum absolute atomic E-state index is 12.4. The highest BCUT2D eigenvalue weighted by Crippen LogP contribution is 2.22. The molecule has 3 heterocycles. The summed E-state index contributed by atoms with van der Waals surface area (Å²) in [6.45, 7) is 3.99. The average Bonchev–Trinajstić information content (AvgIpc) is 3.35. The molecule has 0 aliphatic carbocycles. The zero-order chi connectivity index (χ0) is 18.8. The summed E-state index contributed by atoms with van der Waals surface area (Å²) >= 11 is 0. The highest BCUT2D eigenvalue weighted by Gasteiger charge is 2.11. The van der Waals surface area contributed by atoms with E-state index in [1.807, 2.05) is 50.3 Å².